The van der Waals surface area contributed by atoms with Gasteiger partial charge in [0.25, 0.3) is 0 Å². The van der Waals surface area contributed by atoms with Crippen molar-refractivity contribution >= 4 is 29.3 Å². The summed E-state index contributed by atoms with van der Waals surface area (Å²) in [5, 5.41) is 11.5. The van der Waals surface area contributed by atoms with Crippen LogP contribution in [0.15, 0.2) is 18.3 Å². The molecule has 1 fully saturated rings. The lowest BCUT2D eigenvalue weighted by Crippen LogP contribution is -2.40. The molecule has 2 rings (SSSR count). The lowest BCUT2D eigenvalue weighted by atomic mass is 10.2. The maximum atomic E-state index is 11.0. The summed E-state index contributed by atoms with van der Waals surface area (Å²) < 4.78 is 0. The molecule has 6 nitrogen and oxygen atoms in total. The van der Waals surface area contributed by atoms with E-state index in [1.807, 2.05) is 4.90 Å². The van der Waals surface area contributed by atoms with Crippen molar-refractivity contribution in [3.8, 4) is 0 Å². The topological polar surface area (TPSA) is 82.5 Å². The summed E-state index contributed by atoms with van der Waals surface area (Å²) in [4.78, 5) is 27.6. The van der Waals surface area contributed by atoms with Gasteiger partial charge in [-0.15, -0.1) is 0 Å². The largest absolute Gasteiger partial charge is 0.474 e. The van der Waals surface area contributed by atoms with E-state index >= 15 is 0 Å². The van der Waals surface area contributed by atoms with E-state index in [4.69, 9.17) is 16.7 Å². The number of hydrogen-bond acceptors (Lipinski definition) is 4. The number of halogens is 1. The zero-order valence-electron chi connectivity index (χ0n) is 9.47. The highest BCUT2D eigenvalue weighted by Crippen LogP contribution is 2.25. The third kappa shape index (κ3) is 2.70. The molecule has 2 heterocycles. The minimum atomic E-state index is -1.47. The van der Waals surface area contributed by atoms with Crippen LogP contribution in [0.5, 0.6) is 0 Å². The standard InChI is InChI=1S/C11H12ClN3O3/c12-8-2-1-4-13-9(8)15-5-3-7(6-15)14-10(16)11(17)18/h1-2,4,7H,3,5-6H2,(H,14,16)(H,17,18). The van der Waals surface area contributed by atoms with Gasteiger partial charge < -0.3 is 15.3 Å². The van der Waals surface area contributed by atoms with Crippen molar-refractivity contribution in [3.05, 3.63) is 23.4 Å². The summed E-state index contributed by atoms with van der Waals surface area (Å²) in [5.41, 5.74) is 0. The van der Waals surface area contributed by atoms with Crippen LogP contribution in [0.25, 0.3) is 0 Å². The molecule has 0 aliphatic carbocycles. The maximum absolute atomic E-state index is 11.0. The maximum Gasteiger partial charge on any atom is 0.394 e. The molecule has 0 spiro atoms. The molecule has 1 aliphatic heterocycles. The van der Waals surface area contributed by atoms with E-state index in [0.717, 1.165) is 0 Å². The van der Waals surface area contributed by atoms with Gasteiger partial charge in [0.1, 0.15) is 5.82 Å². The molecule has 0 saturated carbocycles. The summed E-state index contributed by atoms with van der Waals surface area (Å²) in [6.07, 6.45) is 2.32. The Bertz CT molecular complexity index is 480. The summed E-state index contributed by atoms with van der Waals surface area (Å²) in [6, 6.07) is 3.30. The average molecular weight is 270 g/mol. The molecule has 1 atom stereocenters. The summed E-state index contributed by atoms with van der Waals surface area (Å²) in [6.45, 7) is 1.19. The highest BCUT2D eigenvalue weighted by atomic mass is 35.5. The second-order valence-electron chi connectivity index (χ2n) is 4.02. The number of aliphatic carboxylic acids is 1. The normalized spacial score (nSPS) is 18.7. The molecular formula is C11H12ClN3O3. The Morgan fingerprint density at radius 2 is 2.33 bits per heavy atom. The number of pyridine rings is 1. The molecular weight excluding hydrogens is 258 g/mol. The average Bonchev–Trinajstić information content (AvgIpc) is 2.77. The Morgan fingerprint density at radius 1 is 1.56 bits per heavy atom. The molecule has 1 aromatic rings. The molecule has 1 amide bonds. The van der Waals surface area contributed by atoms with E-state index in [2.05, 4.69) is 10.3 Å². The number of carbonyl (C=O) groups excluding carboxylic acids is 1. The SMILES string of the molecule is O=C(O)C(=O)NC1CCN(c2ncccc2Cl)C1. The van der Waals surface area contributed by atoms with Crippen molar-refractivity contribution in [2.45, 2.75) is 12.5 Å². The van der Waals surface area contributed by atoms with Crippen molar-refractivity contribution in [2.24, 2.45) is 0 Å². The van der Waals surface area contributed by atoms with Crippen LogP contribution in [0.2, 0.25) is 5.02 Å². The number of aromatic nitrogens is 1. The number of nitrogens with one attached hydrogen (secondary N) is 1. The summed E-state index contributed by atoms with van der Waals surface area (Å²) in [7, 11) is 0. The molecule has 7 heteroatoms. The molecule has 0 aromatic carbocycles. The van der Waals surface area contributed by atoms with Crippen molar-refractivity contribution in [2.75, 3.05) is 18.0 Å². The number of carbonyl (C=O) groups is 2. The fourth-order valence-electron chi connectivity index (χ4n) is 1.93. The van der Waals surface area contributed by atoms with Gasteiger partial charge in [-0.1, -0.05) is 11.6 Å². The van der Waals surface area contributed by atoms with Crippen molar-refractivity contribution in [1.82, 2.24) is 10.3 Å². The molecule has 1 saturated heterocycles. The summed E-state index contributed by atoms with van der Waals surface area (Å²) in [5.74, 6) is -1.79. The third-order valence-corrected chi connectivity index (χ3v) is 3.05. The van der Waals surface area contributed by atoms with E-state index in [0.29, 0.717) is 30.4 Å². The smallest absolute Gasteiger partial charge is 0.394 e. The van der Waals surface area contributed by atoms with Crippen LogP contribution in [-0.2, 0) is 9.59 Å². The second kappa shape index (κ2) is 5.22. The molecule has 18 heavy (non-hydrogen) atoms. The third-order valence-electron chi connectivity index (χ3n) is 2.76. The van der Waals surface area contributed by atoms with Crippen LogP contribution >= 0.6 is 11.6 Å². The number of anilines is 1. The first-order valence-corrected chi connectivity index (χ1v) is 5.85. The van der Waals surface area contributed by atoms with E-state index < -0.39 is 11.9 Å². The number of hydrogen-bond donors (Lipinski definition) is 2. The molecule has 0 radical (unpaired) electrons. The Hall–Kier alpha value is -1.82. The Morgan fingerprint density at radius 3 is 3.00 bits per heavy atom. The fraction of sp³-hybridized carbons (Fsp3) is 0.364. The van der Waals surface area contributed by atoms with Crippen LogP contribution in [0.1, 0.15) is 6.42 Å². The van der Waals surface area contributed by atoms with Crippen LogP contribution < -0.4 is 10.2 Å². The predicted octanol–water partition coefficient (Wildman–Crippen LogP) is 0.515. The first kappa shape index (κ1) is 12.6. The zero-order valence-corrected chi connectivity index (χ0v) is 10.2. The number of carboxylic acids is 1. The van der Waals surface area contributed by atoms with Gasteiger partial charge in [0.05, 0.1) is 5.02 Å². The lowest BCUT2D eigenvalue weighted by molar-refractivity contribution is -0.150. The highest BCUT2D eigenvalue weighted by Gasteiger charge is 2.27. The van der Waals surface area contributed by atoms with Crippen molar-refractivity contribution in [1.29, 1.82) is 0 Å². The Balaban J connectivity index is 1.99. The lowest BCUT2D eigenvalue weighted by Gasteiger charge is -2.18. The van der Waals surface area contributed by atoms with Crippen LogP contribution in [0.4, 0.5) is 5.82 Å². The Labute approximate surface area is 109 Å². The van der Waals surface area contributed by atoms with E-state index in [9.17, 15) is 9.59 Å². The molecule has 0 bridgehead atoms. The first-order valence-electron chi connectivity index (χ1n) is 5.47. The van der Waals surface area contributed by atoms with Gasteiger partial charge in [0.15, 0.2) is 0 Å². The summed E-state index contributed by atoms with van der Waals surface area (Å²) >= 11 is 6.02. The molecule has 1 aromatic heterocycles. The first-order chi connectivity index (χ1) is 8.58. The minimum Gasteiger partial charge on any atom is -0.474 e. The number of rotatable bonds is 2. The molecule has 96 valence electrons. The fourth-order valence-corrected chi connectivity index (χ4v) is 2.17. The molecule has 1 aliphatic rings. The van der Waals surface area contributed by atoms with E-state index in [1.54, 1.807) is 18.3 Å². The second-order valence-corrected chi connectivity index (χ2v) is 4.43. The van der Waals surface area contributed by atoms with E-state index in [1.165, 1.54) is 0 Å². The van der Waals surface area contributed by atoms with Crippen LogP contribution in [-0.4, -0.2) is 41.1 Å². The van der Waals surface area contributed by atoms with Gasteiger partial charge in [-0.25, -0.2) is 9.78 Å². The predicted molar refractivity (Wildman–Crippen MR) is 65.6 cm³/mol. The number of carboxylic acid groups (broad SMARTS) is 1. The van der Waals surface area contributed by atoms with Gasteiger partial charge in [-0.3, -0.25) is 4.79 Å². The number of nitrogens with zero attached hydrogens (tertiary/aromatic N) is 2. The van der Waals surface area contributed by atoms with Gasteiger partial charge in [-0.05, 0) is 18.6 Å². The monoisotopic (exact) mass is 269 g/mol. The zero-order chi connectivity index (χ0) is 13.1. The van der Waals surface area contributed by atoms with Crippen LogP contribution in [0, 0.1) is 0 Å². The van der Waals surface area contributed by atoms with Gasteiger partial charge in [0, 0.05) is 25.3 Å². The molecule has 2 N–H and O–H groups in total. The Kier molecular flexibility index (Phi) is 3.66. The highest BCUT2D eigenvalue weighted by molar-refractivity contribution is 6.33. The van der Waals surface area contributed by atoms with Gasteiger partial charge in [-0.2, -0.15) is 0 Å². The van der Waals surface area contributed by atoms with Crippen molar-refractivity contribution < 1.29 is 14.7 Å². The molecule has 1 unspecified atom stereocenters. The number of amides is 1. The van der Waals surface area contributed by atoms with Crippen LogP contribution in [0.3, 0.4) is 0 Å². The van der Waals surface area contributed by atoms with Gasteiger partial charge in [0.2, 0.25) is 0 Å². The quantitative estimate of drug-likeness (QED) is 0.765. The van der Waals surface area contributed by atoms with Crippen molar-refractivity contribution in [3.63, 3.8) is 0 Å². The van der Waals surface area contributed by atoms with Gasteiger partial charge >= 0.3 is 11.9 Å². The minimum absolute atomic E-state index is 0.188. The van der Waals surface area contributed by atoms with E-state index in [-0.39, 0.29) is 6.04 Å².